The van der Waals surface area contributed by atoms with Crippen LogP contribution in [0.1, 0.15) is 24.9 Å². The zero-order valence-corrected chi connectivity index (χ0v) is 13.9. The maximum absolute atomic E-state index is 13.5. The maximum Gasteiger partial charge on any atom is 0.222 e. The second kappa shape index (κ2) is 7.68. The number of halogens is 3. The van der Waals surface area contributed by atoms with Gasteiger partial charge in [0.15, 0.2) is 0 Å². The summed E-state index contributed by atoms with van der Waals surface area (Å²) in [6.45, 7) is 2.70. The van der Waals surface area contributed by atoms with Crippen LogP contribution in [0, 0.1) is 5.82 Å². The summed E-state index contributed by atoms with van der Waals surface area (Å²) in [6.07, 6.45) is 0.408. The monoisotopic (exact) mass is 350 g/mol. The van der Waals surface area contributed by atoms with Crippen molar-refractivity contribution in [2.24, 2.45) is 0 Å². The average Bonchev–Trinajstić information content (AvgIpc) is 2.43. The van der Waals surface area contributed by atoms with E-state index in [9.17, 15) is 9.18 Å². The van der Waals surface area contributed by atoms with Crippen LogP contribution in [0.2, 0.25) is 10.0 Å². The highest BCUT2D eigenvalue weighted by Gasteiger charge is 2.19. The van der Waals surface area contributed by atoms with Crippen molar-refractivity contribution in [3.05, 3.63) is 33.6 Å². The molecule has 1 aromatic carbocycles. The van der Waals surface area contributed by atoms with E-state index in [4.69, 9.17) is 23.2 Å². The van der Waals surface area contributed by atoms with Crippen molar-refractivity contribution in [3.63, 3.8) is 0 Å². The van der Waals surface area contributed by atoms with Gasteiger partial charge in [-0.05, 0) is 24.6 Å². The Kier molecular flexibility index (Phi) is 6.17. The Bertz CT molecular complexity index is 524. The lowest BCUT2D eigenvalue weighted by molar-refractivity contribution is -0.122. The number of hydrogen-bond donors (Lipinski definition) is 2. The van der Waals surface area contributed by atoms with Gasteiger partial charge >= 0.3 is 0 Å². The molecule has 1 heterocycles. The van der Waals surface area contributed by atoms with Gasteiger partial charge in [0.2, 0.25) is 5.91 Å². The van der Waals surface area contributed by atoms with Crippen LogP contribution in [0.3, 0.4) is 0 Å². The fourth-order valence-electron chi connectivity index (χ4n) is 2.22. The zero-order chi connectivity index (χ0) is 15.4. The molecule has 0 bridgehead atoms. The summed E-state index contributed by atoms with van der Waals surface area (Å²) >= 11 is 13.6. The van der Waals surface area contributed by atoms with E-state index in [0.29, 0.717) is 17.0 Å². The lowest BCUT2D eigenvalue weighted by Crippen LogP contribution is -2.41. The predicted molar refractivity (Wildman–Crippen MR) is 86.7 cm³/mol. The molecule has 1 aromatic rings. The molecule has 0 radical (unpaired) electrons. The van der Waals surface area contributed by atoms with Crippen LogP contribution in [0.4, 0.5) is 4.39 Å². The van der Waals surface area contributed by atoms with E-state index in [2.05, 4.69) is 10.6 Å². The van der Waals surface area contributed by atoms with E-state index in [1.54, 1.807) is 6.92 Å². The lowest BCUT2D eigenvalue weighted by atomic mass is 10.1. The molecule has 2 N–H and O–H groups in total. The fraction of sp³-hybridized carbons (Fsp3) is 0.500. The highest BCUT2D eigenvalue weighted by atomic mass is 35.5. The molecule has 1 aliphatic heterocycles. The minimum absolute atomic E-state index is 0.0225. The van der Waals surface area contributed by atoms with Crippen molar-refractivity contribution in [3.8, 4) is 0 Å². The number of benzene rings is 1. The Morgan fingerprint density at radius 1 is 1.52 bits per heavy atom. The molecule has 0 aromatic heterocycles. The van der Waals surface area contributed by atoms with Crippen LogP contribution >= 0.6 is 35.0 Å². The van der Waals surface area contributed by atoms with Gasteiger partial charge in [0.25, 0.3) is 0 Å². The lowest BCUT2D eigenvalue weighted by Gasteiger charge is -2.23. The van der Waals surface area contributed by atoms with E-state index < -0.39 is 5.82 Å². The first-order valence-corrected chi connectivity index (χ1v) is 8.63. The number of thioether (sulfide) groups is 1. The van der Waals surface area contributed by atoms with E-state index in [1.807, 2.05) is 11.8 Å². The SMILES string of the molecule is CC(NC(=O)CC1CSCCN1)c1cc(F)c(Cl)cc1Cl. The van der Waals surface area contributed by atoms with E-state index in [0.717, 1.165) is 18.1 Å². The smallest absolute Gasteiger partial charge is 0.222 e. The topological polar surface area (TPSA) is 41.1 Å². The molecule has 2 rings (SSSR count). The molecule has 1 saturated heterocycles. The van der Waals surface area contributed by atoms with Crippen molar-refractivity contribution in [1.82, 2.24) is 10.6 Å². The van der Waals surface area contributed by atoms with Crippen molar-refractivity contribution < 1.29 is 9.18 Å². The second-order valence-corrected chi connectivity index (χ2v) is 6.97. The quantitative estimate of drug-likeness (QED) is 0.817. The normalized spacial score (nSPS) is 20.1. The van der Waals surface area contributed by atoms with Gasteiger partial charge in [-0.15, -0.1) is 0 Å². The molecule has 21 heavy (non-hydrogen) atoms. The van der Waals surface area contributed by atoms with E-state index in [1.165, 1.54) is 12.1 Å². The molecule has 2 unspecified atom stereocenters. The summed E-state index contributed by atoms with van der Waals surface area (Å²) in [7, 11) is 0. The van der Waals surface area contributed by atoms with Gasteiger partial charge in [-0.1, -0.05) is 23.2 Å². The molecule has 7 heteroatoms. The highest BCUT2D eigenvalue weighted by Crippen LogP contribution is 2.28. The molecular weight excluding hydrogens is 334 g/mol. The third-order valence-corrected chi connectivity index (χ3v) is 5.06. The first-order valence-electron chi connectivity index (χ1n) is 6.72. The number of rotatable bonds is 4. The number of carbonyl (C=O) groups excluding carboxylic acids is 1. The maximum atomic E-state index is 13.5. The average molecular weight is 351 g/mol. The summed E-state index contributed by atoms with van der Waals surface area (Å²) in [5.41, 5.74) is 0.526. The Hall–Kier alpha value is -0.490. The summed E-state index contributed by atoms with van der Waals surface area (Å²) in [6, 6.07) is 2.45. The predicted octanol–water partition coefficient (Wildman–Crippen LogP) is 3.40. The van der Waals surface area contributed by atoms with Crippen LogP contribution in [0.25, 0.3) is 0 Å². The molecule has 0 spiro atoms. The van der Waals surface area contributed by atoms with Crippen LogP contribution in [0.15, 0.2) is 12.1 Å². The number of nitrogens with one attached hydrogen (secondary N) is 2. The van der Waals surface area contributed by atoms with E-state index >= 15 is 0 Å². The number of amides is 1. The van der Waals surface area contributed by atoms with Crippen molar-refractivity contribution in [1.29, 1.82) is 0 Å². The van der Waals surface area contributed by atoms with Crippen molar-refractivity contribution in [2.45, 2.75) is 25.4 Å². The zero-order valence-electron chi connectivity index (χ0n) is 11.6. The molecule has 0 aliphatic carbocycles. The minimum Gasteiger partial charge on any atom is -0.349 e. The first kappa shape index (κ1) is 16.9. The second-order valence-electron chi connectivity index (χ2n) is 5.01. The molecule has 2 atom stereocenters. The third-order valence-electron chi connectivity index (χ3n) is 3.31. The molecule has 1 fully saturated rings. The van der Waals surface area contributed by atoms with E-state index in [-0.39, 0.29) is 23.0 Å². The third kappa shape index (κ3) is 4.74. The van der Waals surface area contributed by atoms with Gasteiger partial charge in [-0.3, -0.25) is 4.79 Å². The van der Waals surface area contributed by atoms with Gasteiger partial charge < -0.3 is 10.6 Å². The van der Waals surface area contributed by atoms with Crippen LogP contribution in [-0.2, 0) is 4.79 Å². The number of carbonyl (C=O) groups is 1. The summed E-state index contributed by atoms with van der Waals surface area (Å²) in [5, 5.41) is 6.48. The molecule has 3 nitrogen and oxygen atoms in total. The van der Waals surface area contributed by atoms with Crippen molar-refractivity contribution >= 4 is 40.9 Å². The summed E-state index contributed by atoms with van der Waals surface area (Å²) < 4.78 is 13.5. The molecule has 1 amide bonds. The van der Waals surface area contributed by atoms with Gasteiger partial charge in [-0.25, -0.2) is 4.39 Å². The van der Waals surface area contributed by atoms with Crippen LogP contribution < -0.4 is 10.6 Å². The van der Waals surface area contributed by atoms with Gasteiger partial charge in [0, 0.05) is 35.5 Å². The summed E-state index contributed by atoms with van der Waals surface area (Å²) in [5.74, 6) is 1.39. The van der Waals surface area contributed by atoms with Crippen LogP contribution in [-0.4, -0.2) is 30.0 Å². The van der Waals surface area contributed by atoms with Gasteiger partial charge in [-0.2, -0.15) is 11.8 Å². The minimum atomic E-state index is -0.539. The Morgan fingerprint density at radius 3 is 2.95 bits per heavy atom. The summed E-state index contributed by atoms with van der Waals surface area (Å²) in [4.78, 5) is 12.0. The standard InChI is InChI=1S/C14H17Cl2FN2OS/c1-8(10-5-13(17)12(16)6-11(10)15)19-14(20)4-9-7-21-3-2-18-9/h5-6,8-9,18H,2-4,7H2,1H3,(H,19,20). The van der Waals surface area contributed by atoms with Gasteiger partial charge in [0.05, 0.1) is 11.1 Å². The van der Waals surface area contributed by atoms with Crippen LogP contribution in [0.5, 0.6) is 0 Å². The molecule has 116 valence electrons. The Balaban J connectivity index is 1.95. The highest BCUT2D eigenvalue weighted by molar-refractivity contribution is 7.99. The largest absolute Gasteiger partial charge is 0.349 e. The molecular formula is C14H17Cl2FN2OS. The first-order chi connectivity index (χ1) is 9.97. The molecule has 0 saturated carbocycles. The number of hydrogen-bond acceptors (Lipinski definition) is 3. The molecule has 1 aliphatic rings. The van der Waals surface area contributed by atoms with Gasteiger partial charge in [0.1, 0.15) is 5.82 Å². The Labute approximate surface area is 138 Å². The van der Waals surface area contributed by atoms with Crippen molar-refractivity contribution in [2.75, 3.05) is 18.1 Å². The Morgan fingerprint density at radius 2 is 2.29 bits per heavy atom. The fourth-order valence-corrected chi connectivity index (χ4v) is 3.72.